The first kappa shape index (κ1) is 20.0. The number of carbonyl (C=O) groups is 1. The minimum atomic E-state index is -0.268. The van der Waals surface area contributed by atoms with Crippen molar-refractivity contribution in [3.8, 4) is 0 Å². The van der Waals surface area contributed by atoms with Crippen molar-refractivity contribution in [2.45, 2.75) is 19.3 Å². The van der Waals surface area contributed by atoms with Crippen LogP contribution in [0, 0.1) is 0 Å². The number of ketones is 1. The number of carbonyl (C=O) groups excluding carboxylic acids is 1. The number of hydrogen-bond acceptors (Lipinski definition) is 6. The van der Waals surface area contributed by atoms with Gasteiger partial charge in [0.2, 0.25) is 5.78 Å². The molecule has 150 valence electrons. The molecule has 0 saturated carbocycles. The van der Waals surface area contributed by atoms with E-state index >= 15 is 0 Å². The highest BCUT2D eigenvalue weighted by molar-refractivity contribution is 7.18. The Kier molecular flexibility index (Phi) is 5.94. The van der Waals surface area contributed by atoms with Crippen molar-refractivity contribution in [2.24, 2.45) is 0 Å². The zero-order chi connectivity index (χ0) is 20.4. The highest BCUT2D eigenvalue weighted by Gasteiger charge is 2.20. The largest absolute Gasteiger partial charge is 0.382 e. The van der Waals surface area contributed by atoms with Crippen LogP contribution in [0.25, 0.3) is 0 Å². The number of nitrogens with one attached hydrogen (secondary N) is 1. The lowest BCUT2D eigenvalue weighted by Crippen LogP contribution is -2.29. The van der Waals surface area contributed by atoms with Crippen LogP contribution in [-0.4, -0.2) is 23.9 Å². The molecule has 3 N–H and O–H groups in total. The summed E-state index contributed by atoms with van der Waals surface area (Å²) in [5.74, 6) is -0.0892. The van der Waals surface area contributed by atoms with E-state index in [1.807, 2.05) is 12.1 Å². The van der Waals surface area contributed by atoms with Gasteiger partial charge in [0.05, 0.1) is 5.02 Å². The molecule has 0 aliphatic carbocycles. The molecule has 0 unspecified atom stereocenters. The molecule has 0 atom stereocenters. The van der Waals surface area contributed by atoms with Gasteiger partial charge in [0.1, 0.15) is 10.7 Å². The van der Waals surface area contributed by atoms with E-state index in [1.54, 1.807) is 12.1 Å². The summed E-state index contributed by atoms with van der Waals surface area (Å²) in [5.41, 5.74) is 8.46. The fourth-order valence-electron chi connectivity index (χ4n) is 3.38. The Morgan fingerprint density at radius 3 is 2.48 bits per heavy atom. The van der Waals surface area contributed by atoms with Gasteiger partial charge < -0.3 is 16.0 Å². The lowest BCUT2D eigenvalue weighted by molar-refractivity contribution is 0.104. The molecule has 5 nitrogen and oxygen atoms in total. The lowest BCUT2D eigenvalue weighted by Gasteiger charge is -2.28. The molecule has 2 heterocycles. The van der Waals surface area contributed by atoms with Crippen LogP contribution < -0.4 is 16.0 Å². The van der Waals surface area contributed by atoms with E-state index in [0.29, 0.717) is 20.6 Å². The maximum atomic E-state index is 12.8. The Hall–Kier alpha value is -2.28. The van der Waals surface area contributed by atoms with E-state index in [0.717, 1.165) is 18.8 Å². The van der Waals surface area contributed by atoms with Crippen LogP contribution >= 0.6 is 34.5 Å². The number of aromatic nitrogens is 1. The lowest BCUT2D eigenvalue weighted by atomic mass is 10.1. The van der Waals surface area contributed by atoms with Crippen LogP contribution in [0.1, 0.15) is 34.5 Å². The molecule has 4 rings (SSSR count). The van der Waals surface area contributed by atoms with Crippen LogP contribution in [-0.2, 0) is 0 Å². The van der Waals surface area contributed by atoms with Crippen molar-refractivity contribution in [3.63, 3.8) is 0 Å². The average Bonchev–Trinajstić information content (AvgIpc) is 3.09. The van der Waals surface area contributed by atoms with E-state index in [1.165, 1.54) is 42.4 Å². The number of piperidine rings is 1. The van der Waals surface area contributed by atoms with Crippen LogP contribution in [0.15, 0.2) is 42.5 Å². The summed E-state index contributed by atoms with van der Waals surface area (Å²) in [7, 11) is 0. The molecule has 1 aliphatic heterocycles. The van der Waals surface area contributed by atoms with Crippen LogP contribution in [0.5, 0.6) is 0 Å². The first-order chi connectivity index (χ1) is 14.0. The number of nitrogens with zero attached hydrogens (tertiary/aromatic N) is 2. The van der Waals surface area contributed by atoms with Gasteiger partial charge >= 0.3 is 0 Å². The monoisotopic (exact) mass is 446 g/mol. The van der Waals surface area contributed by atoms with Crippen molar-refractivity contribution >= 4 is 62.6 Å². The second-order valence-electron chi connectivity index (χ2n) is 6.91. The molecule has 1 aliphatic rings. The maximum absolute atomic E-state index is 12.8. The number of hydrogen-bond donors (Lipinski definition) is 2. The van der Waals surface area contributed by atoms with Gasteiger partial charge in [0, 0.05) is 35.1 Å². The number of halogens is 2. The zero-order valence-electron chi connectivity index (χ0n) is 15.6. The first-order valence-corrected chi connectivity index (χ1v) is 11.0. The molecular formula is C21H20Cl2N4OS. The van der Waals surface area contributed by atoms with Crippen LogP contribution in [0.3, 0.4) is 0 Å². The minimum absolute atomic E-state index is 0.179. The summed E-state index contributed by atoms with van der Waals surface area (Å²) in [4.78, 5) is 19.9. The normalized spacial score (nSPS) is 14.1. The molecule has 2 aromatic carbocycles. The van der Waals surface area contributed by atoms with Gasteiger partial charge in [0.25, 0.3) is 0 Å². The van der Waals surface area contributed by atoms with Crippen molar-refractivity contribution in [2.75, 3.05) is 29.0 Å². The molecule has 3 aromatic rings. The summed E-state index contributed by atoms with van der Waals surface area (Å²) >= 11 is 13.3. The molecule has 1 saturated heterocycles. The number of benzene rings is 2. The second-order valence-corrected chi connectivity index (χ2v) is 8.75. The van der Waals surface area contributed by atoms with Crippen molar-refractivity contribution in [3.05, 3.63) is 63.0 Å². The zero-order valence-corrected chi connectivity index (χ0v) is 17.9. The third-order valence-electron chi connectivity index (χ3n) is 4.88. The van der Waals surface area contributed by atoms with Gasteiger partial charge in [-0.05, 0) is 61.7 Å². The number of nitrogens with two attached hydrogens (primary N) is 1. The van der Waals surface area contributed by atoms with Crippen LogP contribution in [0.4, 0.5) is 22.3 Å². The number of rotatable bonds is 5. The third-order valence-corrected chi connectivity index (χ3v) is 6.41. The Balaban J connectivity index is 1.50. The summed E-state index contributed by atoms with van der Waals surface area (Å²) < 4.78 is 0. The van der Waals surface area contributed by atoms with Gasteiger partial charge in [-0.2, -0.15) is 0 Å². The average molecular weight is 447 g/mol. The number of thiazole rings is 1. The fraction of sp³-hybridized carbons (Fsp3) is 0.238. The van der Waals surface area contributed by atoms with Crippen molar-refractivity contribution < 1.29 is 4.79 Å². The predicted octanol–water partition coefficient (Wildman–Crippen LogP) is 6.00. The summed E-state index contributed by atoms with van der Waals surface area (Å²) in [6.45, 7) is 2.21. The molecule has 0 bridgehead atoms. The summed E-state index contributed by atoms with van der Waals surface area (Å²) in [6, 6.07) is 13.0. The Labute approximate surface area is 183 Å². The molecule has 0 spiro atoms. The van der Waals surface area contributed by atoms with Crippen molar-refractivity contribution in [1.29, 1.82) is 0 Å². The van der Waals surface area contributed by atoms with Gasteiger partial charge in [-0.15, -0.1) is 0 Å². The highest BCUT2D eigenvalue weighted by Crippen LogP contribution is 2.32. The summed E-state index contributed by atoms with van der Waals surface area (Å²) in [5, 5.41) is 4.55. The van der Waals surface area contributed by atoms with Crippen molar-refractivity contribution in [1.82, 2.24) is 4.98 Å². The van der Waals surface area contributed by atoms with Gasteiger partial charge in [-0.25, -0.2) is 4.98 Å². The third kappa shape index (κ3) is 4.50. The number of nitrogen functional groups attached to an aromatic ring is 1. The van der Waals surface area contributed by atoms with Gasteiger partial charge in [-0.3, -0.25) is 4.79 Å². The Morgan fingerprint density at radius 1 is 1.07 bits per heavy atom. The molecule has 0 radical (unpaired) electrons. The topological polar surface area (TPSA) is 71.2 Å². The quantitative estimate of drug-likeness (QED) is 0.470. The van der Waals surface area contributed by atoms with E-state index in [-0.39, 0.29) is 16.6 Å². The highest BCUT2D eigenvalue weighted by atomic mass is 35.5. The van der Waals surface area contributed by atoms with Gasteiger partial charge in [0.15, 0.2) is 5.13 Å². The molecule has 0 amide bonds. The SMILES string of the molecule is Nc1nc(Nc2ccc(N3CCCCC3)cc2)sc1C(=O)c1ccc(Cl)cc1Cl. The maximum Gasteiger partial charge on any atom is 0.208 e. The minimum Gasteiger partial charge on any atom is -0.382 e. The van der Waals surface area contributed by atoms with E-state index < -0.39 is 0 Å². The van der Waals surface area contributed by atoms with E-state index in [4.69, 9.17) is 28.9 Å². The molecule has 8 heteroatoms. The predicted molar refractivity (Wildman–Crippen MR) is 122 cm³/mol. The van der Waals surface area contributed by atoms with Crippen LogP contribution in [0.2, 0.25) is 10.0 Å². The first-order valence-electron chi connectivity index (χ1n) is 9.39. The Morgan fingerprint density at radius 2 is 1.79 bits per heavy atom. The van der Waals surface area contributed by atoms with E-state index in [9.17, 15) is 4.79 Å². The summed E-state index contributed by atoms with van der Waals surface area (Å²) in [6.07, 6.45) is 3.80. The number of anilines is 4. The van der Waals surface area contributed by atoms with Gasteiger partial charge in [-0.1, -0.05) is 34.5 Å². The molecule has 29 heavy (non-hydrogen) atoms. The standard InChI is InChI=1S/C21H20Cl2N4OS/c22-13-4-9-16(17(23)12-13)18(28)19-20(24)26-21(29-19)25-14-5-7-15(8-6-14)27-10-2-1-3-11-27/h4-9,12H,1-3,10-11,24H2,(H,25,26). The molecule has 1 fully saturated rings. The Bertz CT molecular complexity index is 1030. The second kappa shape index (κ2) is 8.61. The molecule has 1 aromatic heterocycles. The van der Waals surface area contributed by atoms with E-state index in [2.05, 4.69) is 27.3 Å². The fourth-order valence-corrected chi connectivity index (χ4v) is 4.73. The smallest absolute Gasteiger partial charge is 0.208 e. The molecular weight excluding hydrogens is 427 g/mol.